The molecule has 5 heteroatoms. The molecule has 1 atom stereocenters. The van der Waals surface area contributed by atoms with Crippen molar-refractivity contribution in [1.82, 2.24) is 9.55 Å². The first-order valence-corrected chi connectivity index (χ1v) is 8.53. The number of aromatic nitrogens is 2. The number of benzene rings is 1. The molecule has 0 aliphatic carbocycles. The van der Waals surface area contributed by atoms with E-state index in [9.17, 15) is 0 Å². The summed E-state index contributed by atoms with van der Waals surface area (Å²) in [4.78, 5) is 4.80. The molecule has 128 valence electrons. The molecule has 0 amide bonds. The Bertz CT molecular complexity index is 637. The van der Waals surface area contributed by atoms with E-state index in [1.54, 1.807) is 14.2 Å². The van der Waals surface area contributed by atoms with Gasteiger partial charge in [0, 0.05) is 18.7 Å². The van der Waals surface area contributed by atoms with Crippen LogP contribution in [0.5, 0.6) is 11.5 Å². The second kappa shape index (κ2) is 8.20. The molecule has 5 nitrogen and oxygen atoms in total. The van der Waals surface area contributed by atoms with Gasteiger partial charge in [-0.25, -0.2) is 4.98 Å². The van der Waals surface area contributed by atoms with Crippen LogP contribution in [0.1, 0.15) is 57.8 Å². The zero-order chi connectivity index (χ0) is 16.8. The van der Waals surface area contributed by atoms with E-state index in [0.717, 1.165) is 48.4 Å². The maximum Gasteiger partial charge on any atom is 0.163 e. The number of unbranched alkanes of at least 4 members (excludes halogenated alkanes) is 2. The number of hydrogen-bond acceptors (Lipinski definition) is 4. The van der Waals surface area contributed by atoms with Gasteiger partial charge in [-0.3, -0.25) is 0 Å². The highest BCUT2D eigenvalue weighted by atomic mass is 16.5. The zero-order valence-corrected chi connectivity index (χ0v) is 14.8. The Hall–Kier alpha value is -1.75. The van der Waals surface area contributed by atoms with Gasteiger partial charge in [-0.05, 0) is 12.8 Å². The molecule has 2 aromatic rings. The third kappa shape index (κ3) is 3.78. The number of nitrogens with zero attached hydrogens (tertiary/aromatic N) is 2. The van der Waals surface area contributed by atoms with Crippen LogP contribution in [0.25, 0.3) is 11.0 Å². The average molecular weight is 319 g/mol. The fraction of sp³-hybridized carbons (Fsp3) is 0.611. The smallest absolute Gasteiger partial charge is 0.163 e. The second-order valence-electron chi connectivity index (χ2n) is 5.92. The van der Waals surface area contributed by atoms with Crippen LogP contribution in [-0.4, -0.2) is 23.8 Å². The summed E-state index contributed by atoms with van der Waals surface area (Å²) in [6.45, 7) is 5.30. The molecule has 1 aromatic heterocycles. The molecule has 23 heavy (non-hydrogen) atoms. The van der Waals surface area contributed by atoms with Gasteiger partial charge in [0.15, 0.2) is 11.5 Å². The van der Waals surface area contributed by atoms with Gasteiger partial charge in [0.25, 0.3) is 0 Å². The van der Waals surface area contributed by atoms with Gasteiger partial charge in [-0.2, -0.15) is 0 Å². The summed E-state index contributed by atoms with van der Waals surface area (Å²) in [6, 6.07) is 3.91. The van der Waals surface area contributed by atoms with E-state index in [1.165, 1.54) is 12.8 Å². The van der Waals surface area contributed by atoms with Crippen molar-refractivity contribution in [2.45, 2.75) is 58.5 Å². The predicted octanol–water partition coefficient (Wildman–Crippen LogP) is 4.04. The minimum absolute atomic E-state index is 0.0361. The van der Waals surface area contributed by atoms with Crippen LogP contribution in [0.15, 0.2) is 12.1 Å². The Labute approximate surface area is 138 Å². The number of imidazole rings is 1. The standard InChI is InChI=1S/C18H29N3O2/c1-5-7-8-10-21-15-12-17(23-4)16(22-3)11-14(15)20-18(21)13(19)9-6-2/h11-13H,5-10,19H2,1-4H3. The van der Waals surface area contributed by atoms with Crippen LogP contribution in [0.2, 0.25) is 0 Å². The number of ether oxygens (including phenoxy) is 2. The molecule has 0 bridgehead atoms. The zero-order valence-electron chi connectivity index (χ0n) is 14.8. The largest absolute Gasteiger partial charge is 0.493 e. The Kier molecular flexibility index (Phi) is 6.28. The fourth-order valence-corrected chi connectivity index (χ4v) is 2.95. The van der Waals surface area contributed by atoms with Crippen molar-refractivity contribution in [3.8, 4) is 11.5 Å². The SMILES string of the molecule is CCCCCn1c(C(N)CCC)nc2cc(OC)c(OC)cc21. The van der Waals surface area contributed by atoms with Crippen LogP contribution in [0, 0.1) is 0 Å². The van der Waals surface area contributed by atoms with E-state index in [-0.39, 0.29) is 6.04 Å². The second-order valence-corrected chi connectivity index (χ2v) is 5.92. The first-order valence-electron chi connectivity index (χ1n) is 8.53. The van der Waals surface area contributed by atoms with Crippen molar-refractivity contribution < 1.29 is 9.47 Å². The van der Waals surface area contributed by atoms with Gasteiger partial charge in [0.2, 0.25) is 0 Å². The number of fused-ring (bicyclic) bond motifs is 1. The number of methoxy groups -OCH3 is 2. The lowest BCUT2D eigenvalue weighted by atomic mass is 10.1. The highest BCUT2D eigenvalue weighted by molar-refractivity contribution is 5.80. The molecule has 0 saturated heterocycles. The van der Waals surface area contributed by atoms with Crippen molar-refractivity contribution in [3.63, 3.8) is 0 Å². The normalized spacial score (nSPS) is 12.6. The van der Waals surface area contributed by atoms with Crippen LogP contribution in [0.4, 0.5) is 0 Å². The molecule has 0 aliphatic heterocycles. The monoisotopic (exact) mass is 319 g/mol. The number of nitrogens with two attached hydrogens (primary N) is 1. The van der Waals surface area contributed by atoms with Gasteiger partial charge >= 0.3 is 0 Å². The van der Waals surface area contributed by atoms with Gasteiger partial charge < -0.3 is 19.8 Å². The molecule has 0 saturated carbocycles. The average Bonchev–Trinajstić information content (AvgIpc) is 2.91. The Morgan fingerprint density at radius 1 is 1.09 bits per heavy atom. The Morgan fingerprint density at radius 2 is 1.78 bits per heavy atom. The summed E-state index contributed by atoms with van der Waals surface area (Å²) in [6.07, 6.45) is 5.51. The van der Waals surface area contributed by atoms with Crippen molar-refractivity contribution in [3.05, 3.63) is 18.0 Å². The number of hydrogen-bond donors (Lipinski definition) is 1. The minimum atomic E-state index is -0.0361. The topological polar surface area (TPSA) is 62.3 Å². The molecule has 0 aliphatic rings. The van der Waals surface area contributed by atoms with Crippen molar-refractivity contribution in [2.75, 3.05) is 14.2 Å². The van der Waals surface area contributed by atoms with E-state index in [0.29, 0.717) is 5.75 Å². The van der Waals surface area contributed by atoms with E-state index >= 15 is 0 Å². The summed E-state index contributed by atoms with van der Waals surface area (Å²) in [5.74, 6) is 2.40. The minimum Gasteiger partial charge on any atom is -0.493 e. The molecular weight excluding hydrogens is 290 g/mol. The highest BCUT2D eigenvalue weighted by Crippen LogP contribution is 2.33. The van der Waals surface area contributed by atoms with E-state index < -0.39 is 0 Å². The van der Waals surface area contributed by atoms with Gasteiger partial charge in [0.05, 0.1) is 31.3 Å². The third-order valence-electron chi connectivity index (χ3n) is 4.20. The van der Waals surface area contributed by atoms with Gasteiger partial charge in [-0.1, -0.05) is 33.1 Å². The molecule has 0 radical (unpaired) electrons. The fourth-order valence-electron chi connectivity index (χ4n) is 2.95. The summed E-state index contributed by atoms with van der Waals surface area (Å²) in [5, 5.41) is 0. The van der Waals surface area contributed by atoms with Crippen molar-refractivity contribution in [1.29, 1.82) is 0 Å². The van der Waals surface area contributed by atoms with Gasteiger partial charge in [-0.15, -0.1) is 0 Å². The highest BCUT2D eigenvalue weighted by Gasteiger charge is 2.18. The summed E-state index contributed by atoms with van der Waals surface area (Å²) in [5.41, 5.74) is 8.36. The molecule has 1 heterocycles. The lowest BCUT2D eigenvalue weighted by molar-refractivity contribution is 0.355. The first-order chi connectivity index (χ1) is 11.2. The Morgan fingerprint density at radius 3 is 2.39 bits per heavy atom. The van der Waals surface area contributed by atoms with Crippen molar-refractivity contribution in [2.24, 2.45) is 5.73 Å². The van der Waals surface area contributed by atoms with E-state index in [4.69, 9.17) is 20.2 Å². The van der Waals surface area contributed by atoms with Crippen molar-refractivity contribution >= 4 is 11.0 Å². The number of rotatable bonds is 9. The molecule has 2 rings (SSSR count). The molecule has 1 unspecified atom stereocenters. The summed E-state index contributed by atoms with van der Waals surface area (Å²) in [7, 11) is 3.30. The summed E-state index contributed by atoms with van der Waals surface area (Å²) >= 11 is 0. The lowest BCUT2D eigenvalue weighted by Crippen LogP contribution is -2.16. The van der Waals surface area contributed by atoms with Crippen LogP contribution < -0.4 is 15.2 Å². The Balaban J connectivity index is 2.51. The molecular formula is C18H29N3O2. The molecule has 1 aromatic carbocycles. The molecule has 0 fully saturated rings. The van der Waals surface area contributed by atoms with E-state index in [1.807, 2.05) is 12.1 Å². The van der Waals surface area contributed by atoms with E-state index in [2.05, 4.69) is 18.4 Å². The quantitative estimate of drug-likeness (QED) is 0.708. The van der Waals surface area contributed by atoms with Gasteiger partial charge in [0.1, 0.15) is 5.82 Å². The third-order valence-corrected chi connectivity index (χ3v) is 4.20. The molecule has 0 spiro atoms. The maximum absolute atomic E-state index is 6.37. The van der Waals surface area contributed by atoms with Crippen LogP contribution in [-0.2, 0) is 6.54 Å². The maximum atomic E-state index is 6.37. The van der Waals surface area contributed by atoms with Crippen LogP contribution >= 0.6 is 0 Å². The van der Waals surface area contributed by atoms with Crippen LogP contribution in [0.3, 0.4) is 0 Å². The molecule has 2 N–H and O–H groups in total. The summed E-state index contributed by atoms with van der Waals surface area (Å²) < 4.78 is 13.1. The number of aryl methyl sites for hydroxylation is 1. The first kappa shape index (κ1) is 17.6. The lowest BCUT2D eigenvalue weighted by Gasteiger charge is -2.14. The predicted molar refractivity (Wildman–Crippen MR) is 94.2 cm³/mol.